The SMILES string of the molecule is COc1ccc(OC)c(C(=O)/C=C/c2cc3c(c(OC)c2OC)OCO3)c1. The van der Waals surface area contributed by atoms with Crippen molar-refractivity contribution >= 4 is 11.9 Å². The maximum Gasteiger partial charge on any atom is 0.231 e. The van der Waals surface area contributed by atoms with Crippen molar-refractivity contribution < 1.29 is 33.2 Å². The van der Waals surface area contributed by atoms with Gasteiger partial charge in [0.15, 0.2) is 17.3 Å². The molecule has 0 bridgehead atoms. The van der Waals surface area contributed by atoms with Crippen LogP contribution >= 0.6 is 0 Å². The molecule has 0 saturated heterocycles. The first kappa shape index (κ1) is 18.4. The fraction of sp³-hybridized carbons (Fsp3) is 0.250. The van der Waals surface area contributed by atoms with Crippen LogP contribution in [0.15, 0.2) is 30.3 Å². The summed E-state index contributed by atoms with van der Waals surface area (Å²) < 4.78 is 32.1. The summed E-state index contributed by atoms with van der Waals surface area (Å²) in [5.74, 6) is 2.65. The van der Waals surface area contributed by atoms with Gasteiger partial charge in [0.25, 0.3) is 0 Å². The van der Waals surface area contributed by atoms with E-state index in [4.69, 9.17) is 28.4 Å². The van der Waals surface area contributed by atoms with Crippen LogP contribution in [-0.2, 0) is 0 Å². The molecule has 0 unspecified atom stereocenters. The lowest BCUT2D eigenvalue weighted by molar-refractivity contribution is 0.104. The first-order valence-electron chi connectivity index (χ1n) is 8.12. The Morgan fingerprint density at radius 1 is 0.963 bits per heavy atom. The minimum atomic E-state index is -0.246. The Kier molecular flexibility index (Phi) is 5.40. The first-order valence-corrected chi connectivity index (χ1v) is 8.12. The molecular formula is C20H20O7. The molecule has 0 amide bonds. The predicted molar refractivity (Wildman–Crippen MR) is 98.6 cm³/mol. The number of methoxy groups -OCH3 is 4. The van der Waals surface area contributed by atoms with Crippen molar-refractivity contribution in [3.8, 4) is 34.5 Å². The van der Waals surface area contributed by atoms with Crippen LogP contribution in [0.5, 0.6) is 34.5 Å². The predicted octanol–water partition coefficient (Wildman–Crippen LogP) is 3.35. The standard InChI is InChI=1S/C20H20O7/c1-22-13-6-8-16(23-2)14(10-13)15(21)7-5-12-9-17-19(27-11-26-17)20(25-4)18(12)24-3/h5-10H,11H2,1-4H3/b7-5+. The summed E-state index contributed by atoms with van der Waals surface area (Å²) in [5, 5.41) is 0. The minimum Gasteiger partial charge on any atom is -0.497 e. The van der Waals surface area contributed by atoms with Gasteiger partial charge in [-0.15, -0.1) is 0 Å². The average molecular weight is 372 g/mol. The van der Waals surface area contributed by atoms with E-state index >= 15 is 0 Å². The van der Waals surface area contributed by atoms with Crippen molar-refractivity contribution in [2.75, 3.05) is 35.2 Å². The van der Waals surface area contributed by atoms with Crippen molar-refractivity contribution in [1.29, 1.82) is 0 Å². The van der Waals surface area contributed by atoms with E-state index < -0.39 is 0 Å². The second-order valence-corrected chi connectivity index (χ2v) is 5.53. The number of carbonyl (C=O) groups excluding carboxylic acids is 1. The van der Waals surface area contributed by atoms with Gasteiger partial charge in [-0.05, 0) is 36.4 Å². The van der Waals surface area contributed by atoms with E-state index in [0.717, 1.165) is 0 Å². The molecule has 3 rings (SSSR count). The van der Waals surface area contributed by atoms with E-state index in [9.17, 15) is 4.79 Å². The summed E-state index contributed by atoms with van der Waals surface area (Å²) in [6.07, 6.45) is 3.06. The third-order valence-electron chi connectivity index (χ3n) is 4.10. The molecule has 7 heteroatoms. The second-order valence-electron chi connectivity index (χ2n) is 5.53. The Balaban J connectivity index is 1.98. The number of hydrogen-bond donors (Lipinski definition) is 0. The Hall–Kier alpha value is -3.35. The number of ether oxygens (including phenoxy) is 6. The van der Waals surface area contributed by atoms with Crippen LogP contribution in [0, 0.1) is 0 Å². The highest BCUT2D eigenvalue weighted by molar-refractivity contribution is 6.09. The summed E-state index contributed by atoms with van der Waals surface area (Å²) >= 11 is 0. The molecular weight excluding hydrogens is 352 g/mol. The zero-order chi connectivity index (χ0) is 19.4. The number of fused-ring (bicyclic) bond motifs is 1. The maximum atomic E-state index is 12.7. The molecule has 0 radical (unpaired) electrons. The van der Waals surface area contributed by atoms with E-state index in [0.29, 0.717) is 45.6 Å². The molecule has 27 heavy (non-hydrogen) atoms. The van der Waals surface area contributed by atoms with Gasteiger partial charge in [-0.25, -0.2) is 0 Å². The van der Waals surface area contributed by atoms with Crippen molar-refractivity contribution in [3.63, 3.8) is 0 Å². The summed E-state index contributed by atoms with van der Waals surface area (Å²) in [6, 6.07) is 6.77. The van der Waals surface area contributed by atoms with Gasteiger partial charge < -0.3 is 28.4 Å². The fourth-order valence-corrected chi connectivity index (χ4v) is 2.80. The van der Waals surface area contributed by atoms with Gasteiger partial charge in [0.2, 0.25) is 18.3 Å². The number of ketones is 1. The lowest BCUT2D eigenvalue weighted by atomic mass is 10.1. The van der Waals surface area contributed by atoms with E-state index in [1.165, 1.54) is 34.5 Å². The monoisotopic (exact) mass is 372 g/mol. The fourth-order valence-electron chi connectivity index (χ4n) is 2.80. The molecule has 1 aliphatic heterocycles. The molecule has 7 nitrogen and oxygen atoms in total. The molecule has 2 aromatic rings. The number of rotatable bonds is 7. The summed E-state index contributed by atoms with van der Waals surface area (Å²) in [7, 11) is 6.08. The molecule has 0 atom stereocenters. The van der Waals surface area contributed by atoms with Gasteiger partial charge in [-0.3, -0.25) is 4.79 Å². The summed E-state index contributed by atoms with van der Waals surface area (Å²) in [4.78, 5) is 12.7. The van der Waals surface area contributed by atoms with Crippen LogP contribution in [0.3, 0.4) is 0 Å². The number of carbonyl (C=O) groups is 1. The van der Waals surface area contributed by atoms with Crippen LogP contribution in [0.25, 0.3) is 6.08 Å². The Morgan fingerprint density at radius 3 is 2.41 bits per heavy atom. The molecule has 1 aliphatic rings. The van der Waals surface area contributed by atoms with Crippen molar-refractivity contribution in [3.05, 3.63) is 41.5 Å². The van der Waals surface area contributed by atoms with Gasteiger partial charge in [0.05, 0.1) is 34.0 Å². The molecule has 0 N–H and O–H groups in total. The third kappa shape index (κ3) is 3.48. The molecule has 0 spiro atoms. The third-order valence-corrected chi connectivity index (χ3v) is 4.10. The molecule has 0 aliphatic carbocycles. The van der Waals surface area contributed by atoms with E-state index in [1.807, 2.05) is 0 Å². The number of hydrogen-bond acceptors (Lipinski definition) is 7. The normalized spacial score (nSPS) is 12.1. The largest absolute Gasteiger partial charge is 0.497 e. The molecule has 0 saturated carbocycles. The van der Waals surface area contributed by atoms with Crippen LogP contribution in [-0.4, -0.2) is 41.0 Å². The zero-order valence-electron chi connectivity index (χ0n) is 15.5. The van der Waals surface area contributed by atoms with Crippen molar-refractivity contribution in [1.82, 2.24) is 0 Å². The highest BCUT2D eigenvalue weighted by Gasteiger charge is 2.25. The average Bonchev–Trinajstić information content (AvgIpc) is 3.18. The number of allylic oxidation sites excluding steroid dienone is 1. The first-order chi connectivity index (χ1) is 13.1. The maximum absolute atomic E-state index is 12.7. The van der Waals surface area contributed by atoms with E-state index in [1.54, 1.807) is 30.3 Å². The highest BCUT2D eigenvalue weighted by Crippen LogP contribution is 2.49. The van der Waals surface area contributed by atoms with Gasteiger partial charge in [-0.1, -0.05) is 0 Å². The van der Waals surface area contributed by atoms with Crippen molar-refractivity contribution in [2.24, 2.45) is 0 Å². The van der Waals surface area contributed by atoms with E-state index in [2.05, 4.69) is 0 Å². The molecule has 142 valence electrons. The smallest absolute Gasteiger partial charge is 0.231 e. The van der Waals surface area contributed by atoms with Crippen LogP contribution in [0.2, 0.25) is 0 Å². The van der Waals surface area contributed by atoms with Crippen LogP contribution in [0.1, 0.15) is 15.9 Å². The second kappa shape index (κ2) is 7.90. The molecule has 1 heterocycles. The number of benzene rings is 2. The molecule has 2 aromatic carbocycles. The molecule has 0 fully saturated rings. The lowest BCUT2D eigenvalue weighted by Gasteiger charge is -2.13. The minimum absolute atomic E-state index is 0.0992. The Labute approximate surface area is 157 Å². The van der Waals surface area contributed by atoms with E-state index in [-0.39, 0.29) is 12.6 Å². The van der Waals surface area contributed by atoms with Gasteiger partial charge in [0.1, 0.15) is 11.5 Å². The van der Waals surface area contributed by atoms with Crippen LogP contribution < -0.4 is 28.4 Å². The molecule has 0 aromatic heterocycles. The quantitative estimate of drug-likeness (QED) is 0.545. The Morgan fingerprint density at radius 2 is 1.74 bits per heavy atom. The lowest BCUT2D eigenvalue weighted by Crippen LogP contribution is -2.00. The van der Waals surface area contributed by atoms with Gasteiger partial charge in [-0.2, -0.15) is 0 Å². The Bertz CT molecular complexity index is 886. The highest BCUT2D eigenvalue weighted by atomic mass is 16.7. The summed E-state index contributed by atoms with van der Waals surface area (Å²) in [5.41, 5.74) is 1.01. The van der Waals surface area contributed by atoms with Crippen LogP contribution in [0.4, 0.5) is 0 Å². The topological polar surface area (TPSA) is 72.5 Å². The zero-order valence-corrected chi connectivity index (χ0v) is 15.5. The van der Waals surface area contributed by atoms with Crippen molar-refractivity contribution in [2.45, 2.75) is 0 Å². The van der Waals surface area contributed by atoms with Gasteiger partial charge in [0, 0.05) is 5.56 Å². The summed E-state index contributed by atoms with van der Waals surface area (Å²) in [6.45, 7) is 0.0992. The van der Waals surface area contributed by atoms with Gasteiger partial charge >= 0.3 is 0 Å².